The molecular formula is C14H14N2O2. The molecule has 1 fully saturated rings. The molecule has 3 N–H and O–H groups in total. The van der Waals surface area contributed by atoms with Crippen LogP contribution in [0.2, 0.25) is 0 Å². The van der Waals surface area contributed by atoms with E-state index in [9.17, 15) is 9.90 Å². The van der Waals surface area contributed by atoms with Gasteiger partial charge >= 0.3 is 0 Å². The Balaban J connectivity index is 2.22. The van der Waals surface area contributed by atoms with Crippen LogP contribution in [0.25, 0.3) is 10.8 Å². The molecule has 0 aromatic heterocycles. The number of benzene rings is 2. The molecule has 4 nitrogen and oxygen atoms in total. The highest BCUT2D eigenvalue weighted by molar-refractivity contribution is 6.05. The van der Waals surface area contributed by atoms with Crippen LogP contribution in [-0.4, -0.2) is 17.2 Å². The van der Waals surface area contributed by atoms with Gasteiger partial charge in [-0.15, -0.1) is 0 Å². The molecule has 0 radical (unpaired) electrons. The van der Waals surface area contributed by atoms with E-state index in [1.165, 1.54) is 0 Å². The molecule has 3 rings (SSSR count). The number of fused-ring (bicyclic) bond motifs is 1. The van der Waals surface area contributed by atoms with Gasteiger partial charge in [0.2, 0.25) is 5.91 Å². The van der Waals surface area contributed by atoms with Gasteiger partial charge in [-0.05, 0) is 30.0 Å². The largest absolute Gasteiger partial charge is 0.508 e. The van der Waals surface area contributed by atoms with Crippen LogP contribution >= 0.6 is 0 Å². The van der Waals surface area contributed by atoms with Gasteiger partial charge in [-0.2, -0.15) is 0 Å². The highest BCUT2D eigenvalue weighted by atomic mass is 16.3. The number of phenolic OH excluding ortho intramolecular Hbond substituents is 1. The minimum Gasteiger partial charge on any atom is -0.508 e. The van der Waals surface area contributed by atoms with Crippen molar-refractivity contribution in [1.29, 1.82) is 0 Å². The fraction of sp³-hybridized carbons (Fsp3) is 0.214. The summed E-state index contributed by atoms with van der Waals surface area (Å²) in [6.07, 6.45) is 0.884. The predicted octanol–water partition coefficient (Wildman–Crippen LogP) is 1.96. The Bertz CT molecular complexity index is 624. The van der Waals surface area contributed by atoms with Crippen LogP contribution in [0, 0.1) is 0 Å². The molecule has 1 amide bonds. The number of carbonyl (C=O) groups excluding carboxylic acids is 1. The number of nitrogens with zero attached hydrogens (tertiary/aromatic N) is 1. The van der Waals surface area contributed by atoms with E-state index in [1.807, 2.05) is 24.3 Å². The van der Waals surface area contributed by atoms with Crippen molar-refractivity contribution in [2.24, 2.45) is 5.73 Å². The fourth-order valence-electron chi connectivity index (χ4n) is 2.47. The molecule has 2 aromatic carbocycles. The van der Waals surface area contributed by atoms with E-state index in [1.54, 1.807) is 17.0 Å². The minimum atomic E-state index is -0.273. The number of aromatic hydroxyl groups is 1. The molecule has 4 heteroatoms. The zero-order chi connectivity index (χ0) is 12.7. The van der Waals surface area contributed by atoms with Gasteiger partial charge in [0.05, 0.1) is 11.9 Å². The lowest BCUT2D eigenvalue weighted by atomic mass is 10.1. The summed E-state index contributed by atoms with van der Waals surface area (Å²) in [5.41, 5.74) is 6.75. The highest BCUT2D eigenvalue weighted by Gasteiger charge is 2.30. The Kier molecular flexibility index (Phi) is 2.45. The zero-order valence-corrected chi connectivity index (χ0v) is 9.84. The standard InChI is InChI=1S/C14H14N2O2/c15-13-6-7-14(18)16(13)12-3-1-2-9-4-5-10(17)8-11(9)12/h1-5,8,13,17H,6-7,15H2. The third kappa shape index (κ3) is 1.62. The van der Waals surface area contributed by atoms with Crippen LogP contribution in [0.5, 0.6) is 5.75 Å². The number of nitrogens with two attached hydrogens (primary N) is 1. The van der Waals surface area contributed by atoms with E-state index in [0.717, 1.165) is 16.5 Å². The van der Waals surface area contributed by atoms with Crippen molar-refractivity contribution in [3.63, 3.8) is 0 Å². The maximum Gasteiger partial charge on any atom is 0.228 e. The molecule has 0 bridgehead atoms. The molecule has 1 heterocycles. The van der Waals surface area contributed by atoms with Gasteiger partial charge < -0.3 is 10.8 Å². The topological polar surface area (TPSA) is 66.6 Å². The van der Waals surface area contributed by atoms with Crippen molar-refractivity contribution in [1.82, 2.24) is 0 Å². The van der Waals surface area contributed by atoms with Crippen molar-refractivity contribution in [3.8, 4) is 5.75 Å². The van der Waals surface area contributed by atoms with E-state index in [-0.39, 0.29) is 17.8 Å². The predicted molar refractivity (Wildman–Crippen MR) is 70.3 cm³/mol. The van der Waals surface area contributed by atoms with E-state index >= 15 is 0 Å². The van der Waals surface area contributed by atoms with Crippen molar-refractivity contribution in [3.05, 3.63) is 36.4 Å². The molecule has 0 saturated carbocycles. The summed E-state index contributed by atoms with van der Waals surface area (Å²) >= 11 is 0. The zero-order valence-electron chi connectivity index (χ0n) is 9.84. The van der Waals surface area contributed by atoms with Crippen LogP contribution in [-0.2, 0) is 4.79 Å². The molecule has 1 saturated heterocycles. The van der Waals surface area contributed by atoms with Gasteiger partial charge in [0.25, 0.3) is 0 Å². The molecule has 18 heavy (non-hydrogen) atoms. The van der Waals surface area contributed by atoms with Gasteiger partial charge in [-0.3, -0.25) is 9.69 Å². The summed E-state index contributed by atoms with van der Waals surface area (Å²) in [6.45, 7) is 0. The summed E-state index contributed by atoms with van der Waals surface area (Å²) in [5, 5.41) is 11.4. The van der Waals surface area contributed by atoms with Crippen molar-refractivity contribution in [2.75, 3.05) is 4.90 Å². The molecule has 1 unspecified atom stereocenters. The third-order valence-corrected chi connectivity index (χ3v) is 3.36. The molecular weight excluding hydrogens is 228 g/mol. The van der Waals surface area contributed by atoms with Gasteiger partial charge in [-0.1, -0.05) is 18.2 Å². The number of hydrogen-bond acceptors (Lipinski definition) is 3. The number of carbonyl (C=O) groups is 1. The van der Waals surface area contributed by atoms with E-state index in [4.69, 9.17) is 5.73 Å². The number of amides is 1. The van der Waals surface area contributed by atoms with E-state index < -0.39 is 0 Å². The second-order valence-corrected chi connectivity index (χ2v) is 4.55. The number of anilines is 1. The fourth-order valence-corrected chi connectivity index (χ4v) is 2.47. The van der Waals surface area contributed by atoms with Crippen LogP contribution < -0.4 is 10.6 Å². The lowest BCUT2D eigenvalue weighted by Gasteiger charge is -2.23. The highest BCUT2D eigenvalue weighted by Crippen LogP contribution is 2.33. The first-order valence-electron chi connectivity index (χ1n) is 5.96. The summed E-state index contributed by atoms with van der Waals surface area (Å²) in [7, 11) is 0. The monoisotopic (exact) mass is 242 g/mol. The molecule has 0 aliphatic carbocycles. The molecule has 1 atom stereocenters. The third-order valence-electron chi connectivity index (χ3n) is 3.36. The number of rotatable bonds is 1. The maximum atomic E-state index is 11.9. The normalized spacial score (nSPS) is 19.7. The SMILES string of the molecule is NC1CCC(=O)N1c1cccc2ccc(O)cc12. The van der Waals surface area contributed by atoms with Crippen molar-refractivity contribution in [2.45, 2.75) is 19.0 Å². The second kappa shape index (κ2) is 3.99. The molecule has 1 aliphatic rings. The first kappa shape index (κ1) is 11.0. The molecule has 1 aliphatic heterocycles. The smallest absolute Gasteiger partial charge is 0.228 e. The van der Waals surface area contributed by atoms with Gasteiger partial charge in [0.15, 0.2) is 0 Å². The Morgan fingerprint density at radius 1 is 1.28 bits per heavy atom. The Hall–Kier alpha value is -2.07. The lowest BCUT2D eigenvalue weighted by molar-refractivity contribution is -0.117. The van der Waals surface area contributed by atoms with Crippen molar-refractivity contribution >= 4 is 22.4 Å². The maximum absolute atomic E-state index is 11.9. The Morgan fingerprint density at radius 3 is 2.83 bits per heavy atom. The van der Waals surface area contributed by atoms with Crippen LogP contribution in [0.15, 0.2) is 36.4 Å². The van der Waals surface area contributed by atoms with Gasteiger partial charge in [0.1, 0.15) is 5.75 Å². The average Bonchev–Trinajstić information content (AvgIpc) is 2.68. The van der Waals surface area contributed by atoms with E-state index in [2.05, 4.69) is 0 Å². The molecule has 92 valence electrons. The second-order valence-electron chi connectivity index (χ2n) is 4.55. The number of phenols is 1. The van der Waals surface area contributed by atoms with Gasteiger partial charge in [0, 0.05) is 11.8 Å². The summed E-state index contributed by atoms with van der Waals surface area (Å²) in [5.74, 6) is 0.230. The lowest BCUT2D eigenvalue weighted by Crippen LogP contribution is -2.39. The van der Waals surface area contributed by atoms with E-state index in [0.29, 0.717) is 12.8 Å². The van der Waals surface area contributed by atoms with Crippen LogP contribution in [0.4, 0.5) is 5.69 Å². The van der Waals surface area contributed by atoms with Crippen molar-refractivity contribution < 1.29 is 9.90 Å². The average molecular weight is 242 g/mol. The molecule has 2 aromatic rings. The molecule has 0 spiro atoms. The Morgan fingerprint density at radius 2 is 2.11 bits per heavy atom. The number of hydrogen-bond donors (Lipinski definition) is 2. The van der Waals surface area contributed by atoms with Crippen LogP contribution in [0.1, 0.15) is 12.8 Å². The quantitative estimate of drug-likeness (QED) is 0.803. The Labute approximate surface area is 105 Å². The van der Waals surface area contributed by atoms with Gasteiger partial charge in [-0.25, -0.2) is 0 Å². The minimum absolute atomic E-state index is 0.0401. The van der Waals surface area contributed by atoms with Crippen LogP contribution in [0.3, 0.4) is 0 Å². The summed E-state index contributed by atoms with van der Waals surface area (Å²) < 4.78 is 0. The first-order chi connectivity index (χ1) is 8.66. The summed E-state index contributed by atoms with van der Waals surface area (Å²) in [4.78, 5) is 13.5. The first-order valence-corrected chi connectivity index (χ1v) is 5.96. The summed E-state index contributed by atoms with van der Waals surface area (Å²) in [6, 6.07) is 10.9.